The van der Waals surface area contributed by atoms with Crippen LogP contribution in [0.4, 0.5) is 0 Å². The quantitative estimate of drug-likeness (QED) is 0.781. The van der Waals surface area contributed by atoms with Crippen LogP contribution in [-0.4, -0.2) is 58.4 Å². The Hall–Kier alpha value is -1.32. The van der Waals surface area contributed by atoms with Gasteiger partial charge in [-0.25, -0.2) is 16.8 Å². The molecule has 2 heterocycles. The molecule has 1 aromatic carbocycles. The van der Waals surface area contributed by atoms with Gasteiger partial charge in [0, 0.05) is 25.1 Å². The van der Waals surface area contributed by atoms with E-state index in [2.05, 4.69) is 0 Å². The number of nitrogens with zero attached hydrogens (tertiary/aromatic N) is 1. The van der Waals surface area contributed by atoms with E-state index in [0.29, 0.717) is 31.1 Å². The number of ether oxygens (including phenoxy) is 2. The third-order valence-corrected chi connectivity index (χ3v) is 8.03. The predicted molar refractivity (Wildman–Crippen MR) is 88.7 cm³/mol. The molecule has 1 fully saturated rings. The molecule has 1 aromatic rings. The summed E-state index contributed by atoms with van der Waals surface area (Å²) < 4.78 is 61.7. The molecule has 0 spiro atoms. The van der Waals surface area contributed by atoms with Crippen LogP contribution in [0, 0.1) is 0 Å². The first kappa shape index (κ1) is 17.5. The van der Waals surface area contributed by atoms with Gasteiger partial charge < -0.3 is 9.47 Å². The summed E-state index contributed by atoms with van der Waals surface area (Å²) in [6, 6.07) is 4.02. The van der Waals surface area contributed by atoms with E-state index in [-0.39, 0.29) is 22.9 Å². The number of rotatable bonds is 4. The summed E-state index contributed by atoms with van der Waals surface area (Å²) in [7, 11) is -6.96. The fourth-order valence-corrected chi connectivity index (χ4v) is 6.57. The maximum atomic E-state index is 13.0. The van der Waals surface area contributed by atoms with Crippen LogP contribution < -0.4 is 9.47 Å². The zero-order valence-electron chi connectivity index (χ0n) is 13.5. The fourth-order valence-electron chi connectivity index (χ4n) is 3.07. The summed E-state index contributed by atoms with van der Waals surface area (Å²) in [4.78, 5) is 0.0953. The van der Waals surface area contributed by atoms with Crippen molar-refractivity contribution in [3.63, 3.8) is 0 Å². The van der Waals surface area contributed by atoms with Gasteiger partial charge in [-0.2, -0.15) is 4.31 Å². The van der Waals surface area contributed by atoms with Crippen molar-refractivity contribution in [2.45, 2.75) is 30.7 Å². The topological polar surface area (TPSA) is 90.0 Å². The number of sulfone groups is 1. The molecule has 0 amide bonds. The highest BCUT2D eigenvalue weighted by Crippen LogP contribution is 2.34. The van der Waals surface area contributed by atoms with Crippen LogP contribution in [0.1, 0.15) is 19.8 Å². The molecule has 24 heavy (non-hydrogen) atoms. The van der Waals surface area contributed by atoms with Crippen LogP contribution in [0.3, 0.4) is 0 Å². The van der Waals surface area contributed by atoms with E-state index < -0.39 is 25.9 Å². The Morgan fingerprint density at radius 3 is 2.54 bits per heavy atom. The second-order valence-corrected chi connectivity index (χ2v) is 10.0. The van der Waals surface area contributed by atoms with Gasteiger partial charge in [-0.3, -0.25) is 0 Å². The first-order chi connectivity index (χ1) is 11.3. The largest absolute Gasteiger partial charge is 0.490 e. The highest BCUT2D eigenvalue weighted by Gasteiger charge is 2.38. The minimum absolute atomic E-state index is 0.0326. The Balaban J connectivity index is 1.93. The second-order valence-electron chi connectivity index (χ2n) is 5.92. The predicted octanol–water partition coefficient (Wildman–Crippen LogP) is 1.05. The first-order valence-corrected chi connectivity index (χ1v) is 11.2. The standard InChI is InChI=1S/C15H21NO6S2/c1-2-16(12-6-9-23(17,18)11-12)24(19,20)13-4-5-14-15(10-13)22-8-3-7-21-14/h4-5,10,12H,2-3,6-9,11H2,1H3/t12-/m1/s1. The number of sulfonamides is 1. The summed E-state index contributed by atoms with van der Waals surface area (Å²) in [5, 5.41) is 0. The van der Waals surface area contributed by atoms with Crippen molar-refractivity contribution in [3.8, 4) is 11.5 Å². The van der Waals surface area contributed by atoms with Crippen LogP contribution in [0.25, 0.3) is 0 Å². The molecule has 0 aromatic heterocycles. The zero-order valence-corrected chi connectivity index (χ0v) is 15.1. The molecule has 3 rings (SSSR count). The fraction of sp³-hybridized carbons (Fsp3) is 0.600. The minimum atomic E-state index is -3.80. The van der Waals surface area contributed by atoms with Crippen LogP contribution in [-0.2, 0) is 19.9 Å². The van der Waals surface area contributed by atoms with Crippen molar-refractivity contribution in [1.82, 2.24) is 4.31 Å². The average molecular weight is 375 g/mol. The summed E-state index contributed by atoms with van der Waals surface area (Å²) in [6.07, 6.45) is 1.07. The van der Waals surface area contributed by atoms with Gasteiger partial charge in [-0.1, -0.05) is 6.92 Å². The highest BCUT2D eigenvalue weighted by atomic mass is 32.2. The normalized spacial score (nSPS) is 23.2. The number of benzene rings is 1. The van der Waals surface area contributed by atoms with Crippen molar-refractivity contribution in [1.29, 1.82) is 0 Å². The molecular weight excluding hydrogens is 354 g/mol. The molecule has 2 aliphatic rings. The summed E-state index contributed by atoms with van der Waals surface area (Å²) >= 11 is 0. The van der Waals surface area contributed by atoms with E-state index >= 15 is 0 Å². The van der Waals surface area contributed by atoms with E-state index in [1.165, 1.54) is 16.4 Å². The van der Waals surface area contributed by atoms with Crippen LogP contribution in [0.5, 0.6) is 11.5 Å². The van der Waals surface area contributed by atoms with Crippen LogP contribution in [0.2, 0.25) is 0 Å². The van der Waals surface area contributed by atoms with E-state index in [9.17, 15) is 16.8 Å². The minimum Gasteiger partial charge on any atom is -0.490 e. The van der Waals surface area contributed by atoms with Gasteiger partial charge in [0.15, 0.2) is 21.3 Å². The molecule has 0 unspecified atom stereocenters. The van der Waals surface area contributed by atoms with Gasteiger partial charge in [-0.15, -0.1) is 0 Å². The molecule has 0 radical (unpaired) electrons. The van der Waals surface area contributed by atoms with Gasteiger partial charge in [0.2, 0.25) is 10.0 Å². The molecule has 0 aliphatic carbocycles. The third-order valence-electron chi connectivity index (χ3n) is 4.25. The lowest BCUT2D eigenvalue weighted by Gasteiger charge is -2.26. The van der Waals surface area contributed by atoms with E-state index in [1.54, 1.807) is 13.0 Å². The summed E-state index contributed by atoms with van der Waals surface area (Å²) in [6.45, 7) is 2.93. The molecule has 0 saturated carbocycles. The maximum Gasteiger partial charge on any atom is 0.243 e. The van der Waals surface area contributed by atoms with Crippen LogP contribution >= 0.6 is 0 Å². The van der Waals surface area contributed by atoms with Gasteiger partial charge in [0.1, 0.15) is 0 Å². The van der Waals surface area contributed by atoms with Crippen molar-refractivity contribution in [3.05, 3.63) is 18.2 Å². The van der Waals surface area contributed by atoms with E-state index in [1.807, 2.05) is 0 Å². The van der Waals surface area contributed by atoms with Crippen LogP contribution in [0.15, 0.2) is 23.1 Å². The zero-order chi connectivity index (χ0) is 17.4. The van der Waals surface area contributed by atoms with Crippen molar-refractivity contribution in [2.24, 2.45) is 0 Å². The molecule has 2 aliphatic heterocycles. The van der Waals surface area contributed by atoms with Crippen molar-refractivity contribution >= 4 is 19.9 Å². The second kappa shape index (κ2) is 6.53. The monoisotopic (exact) mass is 375 g/mol. The summed E-state index contributed by atoms with van der Waals surface area (Å²) in [5.74, 6) is 0.844. The molecule has 0 N–H and O–H groups in total. The van der Waals surface area contributed by atoms with E-state index in [4.69, 9.17) is 9.47 Å². The lowest BCUT2D eigenvalue weighted by molar-refractivity contribution is 0.296. The molecule has 134 valence electrons. The smallest absolute Gasteiger partial charge is 0.243 e. The van der Waals surface area contributed by atoms with Crippen molar-refractivity contribution in [2.75, 3.05) is 31.3 Å². The Morgan fingerprint density at radius 2 is 1.92 bits per heavy atom. The lowest BCUT2D eigenvalue weighted by atomic mass is 10.3. The molecule has 0 bridgehead atoms. The van der Waals surface area contributed by atoms with Gasteiger partial charge in [0.25, 0.3) is 0 Å². The SMILES string of the molecule is CCN([C@@H]1CCS(=O)(=O)C1)S(=O)(=O)c1ccc2c(c1)OCCCO2. The first-order valence-electron chi connectivity index (χ1n) is 7.95. The molecule has 7 nitrogen and oxygen atoms in total. The highest BCUT2D eigenvalue weighted by molar-refractivity contribution is 7.92. The molecule has 9 heteroatoms. The summed E-state index contributed by atoms with van der Waals surface area (Å²) in [5.41, 5.74) is 0. The van der Waals surface area contributed by atoms with E-state index in [0.717, 1.165) is 6.42 Å². The number of fused-ring (bicyclic) bond motifs is 1. The Labute approximate surface area is 142 Å². The number of hydrogen-bond donors (Lipinski definition) is 0. The van der Waals surface area contributed by atoms with Gasteiger partial charge in [0.05, 0.1) is 29.6 Å². The lowest BCUT2D eigenvalue weighted by Crippen LogP contribution is -2.40. The molecule has 1 saturated heterocycles. The Bertz CT molecular complexity index is 818. The number of hydrogen-bond acceptors (Lipinski definition) is 6. The average Bonchev–Trinajstić information content (AvgIpc) is 2.74. The van der Waals surface area contributed by atoms with Gasteiger partial charge >= 0.3 is 0 Å². The maximum absolute atomic E-state index is 13.0. The van der Waals surface area contributed by atoms with Gasteiger partial charge in [-0.05, 0) is 18.6 Å². The molecule has 1 atom stereocenters. The van der Waals surface area contributed by atoms with Crippen molar-refractivity contribution < 1.29 is 26.3 Å². The Kier molecular flexibility index (Phi) is 4.76. The molecular formula is C15H21NO6S2. The Morgan fingerprint density at radius 1 is 1.21 bits per heavy atom. The third kappa shape index (κ3) is 3.38.